The Morgan fingerprint density at radius 2 is 1.95 bits per heavy atom. The molecule has 0 saturated carbocycles. The molecule has 2 heterocycles. The van der Waals surface area contributed by atoms with Crippen LogP contribution in [0.1, 0.15) is 39.5 Å². The molecule has 2 saturated heterocycles. The van der Waals surface area contributed by atoms with Gasteiger partial charge < -0.3 is 5.32 Å². The minimum Gasteiger partial charge on any atom is -0.313 e. The van der Waals surface area contributed by atoms with Crippen LogP contribution in [0.4, 0.5) is 0 Å². The number of rotatable bonds is 3. The maximum Gasteiger partial charge on any atom is 0.150 e. The van der Waals surface area contributed by atoms with Crippen molar-refractivity contribution in [2.45, 2.75) is 51.6 Å². The summed E-state index contributed by atoms with van der Waals surface area (Å²) in [7, 11) is -2.74. The maximum atomic E-state index is 11.5. The van der Waals surface area contributed by atoms with Crippen LogP contribution in [0.25, 0.3) is 0 Å². The Morgan fingerprint density at radius 1 is 1.26 bits per heavy atom. The molecule has 2 aliphatic rings. The van der Waals surface area contributed by atoms with Crippen molar-refractivity contribution in [1.82, 2.24) is 10.2 Å². The van der Waals surface area contributed by atoms with Crippen molar-refractivity contribution in [2.24, 2.45) is 5.92 Å². The van der Waals surface area contributed by atoms with Crippen LogP contribution in [0.15, 0.2) is 0 Å². The van der Waals surface area contributed by atoms with Crippen molar-refractivity contribution >= 4 is 9.84 Å². The summed E-state index contributed by atoms with van der Waals surface area (Å²) in [5, 5.41) is 3.64. The molecule has 1 N–H and O–H groups in total. The molecule has 0 spiro atoms. The topological polar surface area (TPSA) is 49.4 Å². The van der Waals surface area contributed by atoms with Gasteiger partial charge in [0.25, 0.3) is 0 Å². The number of hydrogen-bond acceptors (Lipinski definition) is 4. The second kappa shape index (κ2) is 6.55. The third-order valence-corrected chi connectivity index (χ3v) is 6.02. The molecular formula is C14H28N2O2S. The first-order chi connectivity index (χ1) is 8.96. The number of nitrogens with zero attached hydrogens (tertiary/aromatic N) is 1. The SMILES string of the molecule is CC(C)CC1CN(C2CCS(=O)(=O)CC2)CCCN1. The lowest BCUT2D eigenvalue weighted by atomic mass is 10.0. The van der Waals surface area contributed by atoms with Crippen molar-refractivity contribution < 1.29 is 8.42 Å². The monoisotopic (exact) mass is 288 g/mol. The lowest BCUT2D eigenvalue weighted by molar-refractivity contribution is 0.175. The third-order valence-electron chi connectivity index (χ3n) is 4.31. The largest absolute Gasteiger partial charge is 0.313 e. The summed E-state index contributed by atoms with van der Waals surface area (Å²) in [5.74, 6) is 1.48. The van der Waals surface area contributed by atoms with Gasteiger partial charge in [0, 0.05) is 18.6 Å². The van der Waals surface area contributed by atoms with E-state index in [-0.39, 0.29) is 0 Å². The quantitative estimate of drug-likeness (QED) is 0.850. The molecule has 112 valence electrons. The zero-order valence-electron chi connectivity index (χ0n) is 12.3. The third kappa shape index (κ3) is 4.72. The minimum absolute atomic E-state index is 0.385. The van der Waals surface area contributed by atoms with E-state index in [1.165, 1.54) is 12.8 Å². The highest BCUT2D eigenvalue weighted by Gasteiger charge is 2.30. The van der Waals surface area contributed by atoms with Gasteiger partial charge in [-0.1, -0.05) is 13.8 Å². The summed E-state index contributed by atoms with van der Waals surface area (Å²) >= 11 is 0. The second-order valence-corrected chi connectivity index (χ2v) is 8.82. The van der Waals surface area contributed by atoms with Crippen LogP contribution in [-0.2, 0) is 9.84 Å². The van der Waals surface area contributed by atoms with Gasteiger partial charge in [-0.3, -0.25) is 4.90 Å². The molecule has 0 aromatic carbocycles. The fraction of sp³-hybridized carbons (Fsp3) is 1.00. The fourth-order valence-electron chi connectivity index (χ4n) is 3.33. The molecule has 0 bridgehead atoms. The van der Waals surface area contributed by atoms with E-state index in [0.717, 1.165) is 32.5 Å². The predicted octanol–water partition coefficient (Wildman–Crippen LogP) is 1.27. The van der Waals surface area contributed by atoms with Crippen LogP contribution < -0.4 is 5.32 Å². The van der Waals surface area contributed by atoms with Gasteiger partial charge in [0.15, 0.2) is 0 Å². The van der Waals surface area contributed by atoms with Gasteiger partial charge in [-0.05, 0) is 44.7 Å². The molecule has 1 atom stereocenters. The lowest BCUT2D eigenvalue weighted by Crippen LogP contribution is -2.46. The Bertz CT molecular complexity index is 367. The van der Waals surface area contributed by atoms with Gasteiger partial charge >= 0.3 is 0 Å². The fourth-order valence-corrected chi connectivity index (χ4v) is 4.80. The minimum atomic E-state index is -2.74. The first-order valence-corrected chi connectivity index (χ1v) is 9.46. The van der Waals surface area contributed by atoms with Crippen LogP contribution in [0.2, 0.25) is 0 Å². The van der Waals surface area contributed by atoms with Crippen molar-refractivity contribution in [2.75, 3.05) is 31.1 Å². The van der Waals surface area contributed by atoms with Crippen LogP contribution in [0, 0.1) is 5.92 Å². The highest BCUT2D eigenvalue weighted by atomic mass is 32.2. The Balaban J connectivity index is 1.91. The highest BCUT2D eigenvalue weighted by Crippen LogP contribution is 2.20. The molecule has 0 amide bonds. The van der Waals surface area contributed by atoms with Gasteiger partial charge in [0.2, 0.25) is 0 Å². The molecule has 2 fully saturated rings. The molecule has 1 unspecified atom stereocenters. The number of nitrogens with one attached hydrogen (secondary N) is 1. The molecule has 0 aromatic rings. The Kier molecular flexibility index (Phi) is 5.26. The van der Waals surface area contributed by atoms with E-state index in [2.05, 4.69) is 24.1 Å². The summed E-state index contributed by atoms with van der Waals surface area (Å²) in [6.07, 6.45) is 4.05. The molecule has 2 aliphatic heterocycles. The Morgan fingerprint density at radius 3 is 2.58 bits per heavy atom. The summed E-state index contributed by atoms with van der Waals surface area (Å²) in [5.41, 5.74) is 0. The van der Waals surface area contributed by atoms with Crippen molar-refractivity contribution in [3.63, 3.8) is 0 Å². The smallest absolute Gasteiger partial charge is 0.150 e. The van der Waals surface area contributed by atoms with Gasteiger partial charge in [-0.25, -0.2) is 8.42 Å². The molecule has 4 nitrogen and oxygen atoms in total. The molecule has 0 radical (unpaired) electrons. The average molecular weight is 288 g/mol. The van der Waals surface area contributed by atoms with Gasteiger partial charge in [0.05, 0.1) is 11.5 Å². The standard InChI is InChI=1S/C14H28N2O2S/c1-12(2)10-13-11-16(7-3-6-15-13)14-4-8-19(17,18)9-5-14/h12-15H,3-11H2,1-2H3. The van der Waals surface area contributed by atoms with E-state index in [4.69, 9.17) is 0 Å². The van der Waals surface area contributed by atoms with E-state index < -0.39 is 9.84 Å². The zero-order chi connectivity index (χ0) is 13.9. The van der Waals surface area contributed by atoms with Crippen LogP contribution in [0.5, 0.6) is 0 Å². The van der Waals surface area contributed by atoms with E-state index in [0.29, 0.717) is 29.5 Å². The first kappa shape index (κ1) is 15.3. The summed E-state index contributed by atoms with van der Waals surface area (Å²) < 4.78 is 23.1. The van der Waals surface area contributed by atoms with Gasteiger partial charge in [-0.15, -0.1) is 0 Å². The van der Waals surface area contributed by atoms with Crippen molar-refractivity contribution in [3.8, 4) is 0 Å². The van der Waals surface area contributed by atoms with Gasteiger partial charge in [-0.2, -0.15) is 0 Å². The highest BCUT2D eigenvalue weighted by molar-refractivity contribution is 7.91. The Hall–Kier alpha value is -0.130. The van der Waals surface area contributed by atoms with Crippen LogP contribution in [-0.4, -0.2) is 56.5 Å². The number of sulfone groups is 1. The second-order valence-electron chi connectivity index (χ2n) is 6.51. The number of hydrogen-bond donors (Lipinski definition) is 1. The normalized spacial score (nSPS) is 30.4. The molecule has 2 rings (SSSR count). The van der Waals surface area contributed by atoms with E-state index in [1.807, 2.05) is 0 Å². The Labute approximate surface area is 117 Å². The maximum absolute atomic E-state index is 11.5. The van der Waals surface area contributed by atoms with Crippen molar-refractivity contribution in [3.05, 3.63) is 0 Å². The van der Waals surface area contributed by atoms with Crippen LogP contribution >= 0.6 is 0 Å². The predicted molar refractivity (Wildman–Crippen MR) is 79.1 cm³/mol. The van der Waals surface area contributed by atoms with E-state index in [9.17, 15) is 8.42 Å². The summed E-state index contributed by atoms with van der Waals surface area (Å²) in [4.78, 5) is 2.54. The molecular weight excluding hydrogens is 260 g/mol. The summed E-state index contributed by atoms with van der Waals surface area (Å²) in [6.45, 7) is 7.84. The molecule has 5 heteroatoms. The van der Waals surface area contributed by atoms with E-state index >= 15 is 0 Å². The molecule has 0 aromatic heterocycles. The lowest BCUT2D eigenvalue weighted by Gasteiger charge is -2.35. The molecule has 19 heavy (non-hydrogen) atoms. The van der Waals surface area contributed by atoms with E-state index in [1.54, 1.807) is 0 Å². The molecule has 0 aliphatic carbocycles. The first-order valence-electron chi connectivity index (χ1n) is 7.64. The zero-order valence-corrected chi connectivity index (χ0v) is 13.1. The van der Waals surface area contributed by atoms with Crippen molar-refractivity contribution in [1.29, 1.82) is 0 Å². The summed E-state index contributed by atoms with van der Waals surface area (Å²) in [6, 6.07) is 1.05. The van der Waals surface area contributed by atoms with Crippen LogP contribution in [0.3, 0.4) is 0 Å². The average Bonchev–Trinajstić information content (AvgIpc) is 2.54. The van der Waals surface area contributed by atoms with Gasteiger partial charge in [0.1, 0.15) is 9.84 Å².